The van der Waals surface area contributed by atoms with Gasteiger partial charge in [-0.15, -0.1) is 0 Å². The van der Waals surface area contributed by atoms with Crippen LogP contribution in [0.5, 0.6) is 11.5 Å². The summed E-state index contributed by atoms with van der Waals surface area (Å²) in [6, 6.07) is 16.5. The molecular formula is C20H17ClN2O3. The predicted molar refractivity (Wildman–Crippen MR) is 104 cm³/mol. The molecule has 0 fully saturated rings. The van der Waals surface area contributed by atoms with Crippen LogP contribution in [0.4, 0.5) is 0 Å². The van der Waals surface area contributed by atoms with Gasteiger partial charge in [0.2, 0.25) is 0 Å². The maximum atomic E-state index is 12.5. The number of amides is 1. The molecule has 1 amide bonds. The summed E-state index contributed by atoms with van der Waals surface area (Å²) in [4.78, 5) is 12.5. The Balaban J connectivity index is 1.84. The molecule has 0 atom stereocenters. The minimum Gasteiger partial charge on any atom is -0.496 e. The van der Waals surface area contributed by atoms with Crippen LogP contribution < -0.4 is 14.9 Å². The third-order valence-corrected chi connectivity index (χ3v) is 4.11. The van der Waals surface area contributed by atoms with Crippen molar-refractivity contribution in [2.24, 2.45) is 5.10 Å². The summed E-state index contributed by atoms with van der Waals surface area (Å²) >= 11 is 5.99. The molecule has 3 rings (SSSR count). The molecule has 132 valence electrons. The number of fused-ring (bicyclic) bond motifs is 1. The molecule has 0 unspecified atom stereocenters. The Kier molecular flexibility index (Phi) is 5.39. The molecule has 3 aromatic carbocycles. The molecule has 0 heterocycles. The van der Waals surface area contributed by atoms with Crippen molar-refractivity contribution in [2.45, 2.75) is 0 Å². The highest BCUT2D eigenvalue weighted by atomic mass is 35.5. The van der Waals surface area contributed by atoms with E-state index in [9.17, 15) is 4.79 Å². The van der Waals surface area contributed by atoms with Gasteiger partial charge in [0, 0.05) is 10.6 Å². The quantitative estimate of drug-likeness (QED) is 0.540. The molecule has 5 nitrogen and oxygen atoms in total. The van der Waals surface area contributed by atoms with Gasteiger partial charge in [0.05, 0.1) is 26.0 Å². The van der Waals surface area contributed by atoms with Crippen molar-refractivity contribution in [2.75, 3.05) is 14.2 Å². The second kappa shape index (κ2) is 7.89. The van der Waals surface area contributed by atoms with Crippen molar-refractivity contribution in [1.29, 1.82) is 0 Å². The zero-order valence-electron chi connectivity index (χ0n) is 14.3. The van der Waals surface area contributed by atoms with Gasteiger partial charge in [0.25, 0.3) is 5.91 Å². The van der Waals surface area contributed by atoms with Crippen molar-refractivity contribution < 1.29 is 14.3 Å². The first kappa shape index (κ1) is 17.8. The van der Waals surface area contributed by atoms with Crippen LogP contribution in [0.3, 0.4) is 0 Å². The Morgan fingerprint density at radius 3 is 2.38 bits per heavy atom. The number of benzene rings is 3. The van der Waals surface area contributed by atoms with Crippen LogP contribution in [0.25, 0.3) is 10.8 Å². The number of ether oxygens (including phenoxy) is 2. The standard InChI is InChI=1S/C20H17ClN2O3/c1-25-18-8-7-16(21)9-15(18)12-22-23-20(24)17-10-13-5-3-4-6-14(13)11-19(17)26-2/h3-12H,1-2H3,(H,23,24). The predicted octanol–water partition coefficient (Wildman–Crippen LogP) is 4.27. The normalized spacial score (nSPS) is 10.9. The summed E-state index contributed by atoms with van der Waals surface area (Å²) in [5.41, 5.74) is 3.57. The molecule has 3 aromatic rings. The molecule has 0 aliphatic carbocycles. The summed E-state index contributed by atoms with van der Waals surface area (Å²) < 4.78 is 10.6. The third kappa shape index (κ3) is 3.78. The van der Waals surface area contributed by atoms with Gasteiger partial charge in [-0.05, 0) is 41.1 Å². The molecular weight excluding hydrogens is 352 g/mol. The highest BCUT2D eigenvalue weighted by Crippen LogP contribution is 2.26. The Bertz CT molecular complexity index is 986. The van der Waals surface area contributed by atoms with Crippen molar-refractivity contribution in [3.05, 3.63) is 70.7 Å². The lowest BCUT2D eigenvalue weighted by atomic mass is 10.1. The van der Waals surface area contributed by atoms with Gasteiger partial charge >= 0.3 is 0 Å². The largest absolute Gasteiger partial charge is 0.496 e. The van der Waals surface area contributed by atoms with E-state index in [0.717, 1.165) is 10.8 Å². The van der Waals surface area contributed by atoms with Crippen LogP contribution >= 0.6 is 11.6 Å². The van der Waals surface area contributed by atoms with Crippen LogP contribution in [-0.4, -0.2) is 26.3 Å². The first-order chi connectivity index (χ1) is 12.6. The van der Waals surface area contributed by atoms with E-state index in [2.05, 4.69) is 10.5 Å². The molecule has 0 aromatic heterocycles. The smallest absolute Gasteiger partial charge is 0.275 e. The number of methoxy groups -OCH3 is 2. The summed E-state index contributed by atoms with van der Waals surface area (Å²) in [5.74, 6) is 0.720. The minimum absolute atomic E-state index is 0.371. The first-order valence-electron chi connectivity index (χ1n) is 7.86. The number of hydrogen-bond acceptors (Lipinski definition) is 4. The minimum atomic E-state index is -0.371. The highest BCUT2D eigenvalue weighted by Gasteiger charge is 2.13. The van der Waals surface area contributed by atoms with E-state index < -0.39 is 0 Å². The summed E-state index contributed by atoms with van der Waals surface area (Å²) in [6.45, 7) is 0. The Labute approximate surface area is 156 Å². The first-order valence-corrected chi connectivity index (χ1v) is 8.24. The number of hydrogen-bond donors (Lipinski definition) is 1. The molecule has 0 bridgehead atoms. The average molecular weight is 369 g/mol. The van der Waals surface area contributed by atoms with Crippen molar-refractivity contribution in [3.63, 3.8) is 0 Å². The van der Waals surface area contributed by atoms with Crippen LogP contribution in [0.1, 0.15) is 15.9 Å². The summed E-state index contributed by atoms with van der Waals surface area (Å²) in [6.07, 6.45) is 1.48. The van der Waals surface area contributed by atoms with E-state index in [4.69, 9.17) is 21.1 Å². The van der Waals surface area contributed by atoms with Gasteiger partial charge in [-0.25, -0.2) is 5.43 Å². The number of hydrazone groups is 1. The van der Waals surface area contributed by atoms with Gasteiger partial charge in [-0.3, -0.25) is 4.79 Å². The van der Waals surface area contributed by atoms with Crippen molar-refractivity contribution in [1.82, 2.24) is 5.43 Å². The number of nitrogens with one attached hydrogen (secondary N) is 1. The van der Waals surface area contributed by atoms with Crippen LogP contribution in [-0.2, 0) is 0 Å². The number of carbonyl (C=O) groups excluding carboxylic acids is 1. The lowest BCUT2D eigenvalue weighted by Crippen LogP contribution is -2.18. The molecule has 26 heavy (non-hydrogen) atoms. The maximum Gasteiger partial charge on any atom is 0.275 e. The fourth-order valence-corrected chi connectivity index (χ4v) is 2.77. The van der Waals surface area contributed by atoms with E-state index in [1.807, 2.05) is 30.3 Å². The maximum absolute atomic E-state index is 12.5. The summed E-state index contributed by atoms with van der Waals surface area (Å²) in [5, 5.41) is 6.49. The van der Waals surface area contributed by atoms with E-state index in [-0.39, 0.29) is 5.91 Å². The SMILES string of the molecule is COc1ccc(Cl)cc1C=NNC(=O)c1cc2ccccc2cc1OC. The third-order valence-electron chi connectivity index (χ3n) is 3.87. The lowest BCUT2D eigenvalue weighted by molar-refractivity contribution is 0.0952. The van der Waals surface area contributed by atoms with Crippen molar-refractivity contribution >= 4 is 34.5 Å². The lowest BCUT2D eigenvalue weighted by Gasteiger charge is -2.09. The Morgan fingerprint density at radius 1 is 1.00 bits per heavy atom. The number of rotatable bonds is 5. The molecule has 0 aliphatic heterocycles. The monoisotopic (exact) mass is 368 g/mol. The van der Waals surface area contributed by atoms with Gasteiger partial charge in [0.15, 0.2) is 0 Å². The molecule has 0 saturated carbocycles. The van der Waals surface area contributed by atoms with Gasteiger partial charge in [-0.1, -0.05) is 35.9 Å². The van der Waals surface area contributed by atoms with Crippen LogP contribution in [0.15, 0.2) is 59.7 Å². The van der Waals surface area contributed by atoms with E-state index >= 15 is 0 Å². The fourth-order valence-electron chi connectivity index (χ4n) is 2.59. The molecule has 0 radical (unpaired) electrons. The Morgan fingerprint density at radius 2 is 1.69 bits per heavy atom. The molecule has 0 spiro atoms. The van der Waals surface area contributed by atoms with E-state index in [0.29, 0.717) is 27.6 Å². The van der Waals surface area contributed by atoms with Gasteiger partial charge in [0.1, 0.15) is 11.5 Å². The number of carbonyl (C=O) groups is 1. The van der Waals surface area contributed by atoms with E-state index in [1.165, 1.54) is 13.3 Å². The zero-order chi connectivity index (χ0) is 18.5. The number of halogens is 1. The fraction of sp³-hybridized carbons (Fsp3) is 0.100. The zero-order valence-corrected chi connectivity index (χ0v) is 15.1. The molecule has 0 saturated heterocycles. The second-order valence-corrected chi connectivity index (χ2v) is 5.92. The van der Waals surface area contributed by atoms with Crippen LogP contribution in [0.2, 0.25) is 5.02 Å². The van der Waals surface area contributed by atoms with Gasteiger partial charge in [-0.2, -0.15) is 5.10 Å². The average Bonchev–Trinajstić information content (AvgIpc) is 2.67. The van der Waals surface area contributed by atoms with Crippen molar-refractivity contribution in [3.8, 4) is 11.5 Å². The van der Waals surface area contributed by atoms with Gasteiger partial charge < -0.3 is 9.47 Å². The topological polar surface area (TPSA) is 59.9 Å². The summed E-state index contributed by atoms with van der Waals surface area (Å²) in [7, 11) is 3.08. The number of nitrogens with zero attached hydrogens (tertiary/aromatic N) is 1. The second-order valence-electron chi connectivity index (χ2n) is 5.49. The molecule has 1 N–H and O–H groups in total. The Hall–Kier alpha value is -3.05. The molecule has 0 aliphatic rings. The molecule has 6 heteroatoms. The van der Waals surface area contributed by atoms with Crippen LogP contribution in [0, 0.1) is 0 Å². The van der Waals surface area contributed by atoms with E-state index in [1.54, 1.807) is 31.4 Å². The highest BCUT2D eigenvalue weighted by molar-refractivity contribution is 6.30.